The summed E-state index contributed by atoms with van der Waals surface area (Å²) in [6.07, 6.45) is 2.10. The second-order valence-electron chi connectivity index (χ2n) is 7.84. The molecule has 1 aromatic carbocycles. The van der Waals surface area contributed by atoms with Crippen LogP contribution in [0, 0.1) is 23.6 Å². The Morgan fingerprint density at radius 3 is 2.32 bits per heavy atom. The molecule has 136 valence electrons. The normalized spacial score (nSPS) is 30.5. The minimum atomic E-state index is -0.318. The van der Waals surface area contributed by atoms with Gasteiger partial charge in [-0.05, 0) is 42.4 Å². The number of hydrogen-bond donors (Lipinski definition) is 0. The summed E-state index contributed by atoms with van der Waals surface area (Å²) in [7, 11) is 1.75. The fourth-order valence-corrected chi connectivity index (χ4v) is 4.49. The molecule has 0 spiro atoms. The minimum Gasteiger partial charge on any atom is -0.342 e. The molecule has 0 bridgehead atoms. The number of piperidine rings is 2. The van der Waals surface area contributed by atoms with Gasteiger partial charge >= 0.3 is 0 Å². The van der Waals surface area contributed by atoms with E-state index in [-0.39, 0.29) is 29.6 Å². The minimum absolute atomic E-state index is 0.0405. The van der Waals surface area contributed by atoms with E-state index >= 15 is 0 Å². The van der Waals surface area contributed by atoms with E-state index in [2.05, 4.69) is 13.8 Å². The van der Waals surface area contributed by atoms with Crippen LogP contribution in [0.5, 0.6) is 0 Å². The van der Waals surface area contributed by atoms with Gasteiger partial charge in [0.05, 0.1) is 12.0 Å². The van der Waals surface area contributed by atoms with Gasteiger partial charge in [-0.1, -0.05) is 26.0 Å². The summed E-state index contributed by atoms with van der Waals surface area (Å²) in [6.45, 7) is 5.94. The van der Waals surface area contributed by atoms with Crippen LogP contribution in [0.15, 0.2) is 24.3 Å². The molecule has 3 rings (SSSR count). The van der Waals surface area contributed by atoms with E-state index < -0.39 is 0 Å². The maximum Gasteiger partial charge on any atom is 0.228 e. The average molecular weight is 346 g/mol. The fourth-order valence-electron chi connectivity index (χ4n) is 4.49. The van der Waals surface area contributed by atoms with Gasteiger partial charge < -0.3 is 9.80 Å². The van der Waals surface area contributed by atoms with E-state index in [9.17, 15) is 14.0 Å². The van der Waals surface area contributed by atoms with E-state index in [1.807, 2.05) is 4.90 Å². The van der Waals surface area contributed by atoms with Gasteiger partial charge in [-0.25, -0.2) is 4.39 Å². The number of benzene rings is 1. The zero-order valence-electron chi connectivity index (χ0n) is 15.2. The number of hydrogen-bond acceptors (Lipinski definition) is 2. The summed E-state index contributed by atoms with van der Waals surface area (Å²) >= 11 is 0. The third-order valence-electron chi connectivity index (χ3n) is 5.57. The third-order valence-corrected chi connectivity index (χ3v) is 5.57. The molecule has 2 aliphatic heterocycles. The topological polar surface area (TPSA) is 40.6 Å². The highest BCUT2D eigenvalue weighted by molar-refractivity contribution is 5.85. The van der Waals surface area contributed by atoms with E-state index in [1.165, 1.54) is 12.1 Å². The smallest absolute Gasteiger partial charge is 0.228 e. The van der Waals surface area contributed by atoms with Crippen molar-refractivity contribution in [2.45, 2.75) is 39.2 Å². The van der Waals surface area contributed by atoms with Crippen LogP contribution in [-0.2, 0) is 9.59 Å². The molecule has 0 saturated carbocycles. The quantitative estimate of drug-likeness (QED) is 0.825. The first-order valence-corrected chi connectivity index (χ1v) is 9.16. The monoisotopic (exact) mass is 346 g/mol. The first-order chi connectivity index (χ1) is 11.9. The Morgan fingerprint density at radius 1 is 1.12 bits per heavy atom. The maximum absolute atomic E-state index is 13.3. The van der Waals surface area contributed by atoms with Crippen LogP contribution in [0.3, 0.4) is 0 Å². The van der Waals surface area contributed by atoms with Crippen LogP contribution in [-0.4, -0.2) is 41.8 Å². The lowest BCUT2D eigenvalue weighted by molar-refractivity contribution is -0.148. The highest BCUT2D eigenvalue weighted by Crippen LogP contribution is 2.38. The van der Waals surface area contributed by atoms with Crippen LogP contribution in [0.4, 0.5) is 4.39 Å². The number of carbonyl (C=O) groups excluding carboxylic acids is 2. The van der Waals surface area contributed by atoms with Crippen molar-refractivity contribution in [2.75, 3.05) is 20.1 Å². The molecule has 4 unspecified atom stereocenters. The Kier molecular flexibility index (Phi) is 5.11. The molecule has 0 aliphatic carbocycles. The van der Waals surface area contributed by atoms with Gasteiger partial charge in [-0.3, -0.25) is 9.59 Å². The van der Waals surface area contributed by atoms with Crippen LogP contribution in [0.2, 0.25) is 0 Å². The lowest BCUT2D eigenvalue weighted by Gasteiger charge is -2.43. The number of carbonyl (C=O) groups is 2. The SMILES string of the molecule is CC1CC(C)CN(C(=O)C2CCC(=O)N(C)C2c2ccc(F)cc2)C1. The molecule has 4 atom stereocenters. The molecule has 0 radical (unpaired) electrons. The Hall–Kier alpha value is -1.91. The molecule has 0 N–H and O–H groups in total. The second-order valence-corrected chi connectivity index (χ2v) is 7.84. The molecule has 4 nitrogen and oxygen atoms in total. The Morgan fingerprint density at radius 2 is 1.72 bits per heavy atom. The van der Waals surface area contributed by atoms with E-state index in [0.717, 1.165) is 25.1 Å². The average Bonchev–Trinajstić information content (AvgIpc) is 2.57. The Balaban J connectivity index is 1.87. The van der Waals surface area contributed by atoms with Crippen molar-refractivity contribution < 1.29 is 14.0 Å². The van der Waals surface area contributed by atoms with Crippen LogP contribution in [0.25, 0.3) is 0 Å². The van der Waals surface area contributed by atoms with Gasteiger partial charge in [0.15, 0.2) is 0 Å². The third kappa shape index (κ3) is 3.70. The molecule has 25 heavy (non-hydrogen) atoms. The second kappa shape index (κ2) is 7.14. The zero-order chi connectivity index (χ0) is 18.1. The summed E-state index contributed by atoms with van der Waals surface area (Å²) < 4.78 is 13.3. The van der Waals surface area contributed by atoms with Gasteiger partial charge in [0, 0.05) is 26.6 Å². The lowest BCUT2D eigenvalue weighted by Crippen LogP contribution is -2.50. The van der Waals surface area contributed by atoms with Crippen molar-refractivity contribution in [1.82, 2.24) is 9.80 Å². The van der Waals surface area contributed by atoms with Crippen LogP contribution >= 0.6 is 0 Å². The van der Waals surface area contributed by atoms with Crippen molar-refractivity contribution >= 4 is 11.8 Å². The molecule has 2 heterocycles. The van der Waals surface area contributed by atoms with Gasteiger partial charge in [0.1, 0.15) is 5.82 Å². The summed E-state index contributed by atoms with van der Waals surface area (Å²) in [5.74, 6) is 0.603. The molecule has 2 amide bonds. The number of halogens is 1. The fraction of sp³-hybridized carbons (Fsp3) is 0.600. The zero-order valence-corrected chi connectivity index (χ0v) is 15.2. The number of likely N-dealkylation sites (tertiary alicyclic amines) is 2. The van der Waals surface area contributed by atoms with Crippen LogP contribution < -0.4 is 0 Å². The number of rotatable bonds is 2. The molecule has 1 aromatic rings. The van der Waals surface area contributed by atoms with Gasteiger partial charge in [0.25, 0.3) is 0 Å². The molecular formula is C20H27FN2O2. The first kappa shape index (κ1) is 17.9. The Labute approximate surface area is 149 Å². The van der Waals surface area contributed by atoms with Gasteiger partial charge in [-0.2, -0.15) is 0 Å². The summed E-state index contributed by atoms with van der Waals surface area (Å²) in [6, 6.07) is 5.86. The summed E-state index contributed by atoms with van der Waals surface area (Å²) in [4.78, 5) is 29.1. The van der Waals surface area contributed by atoms with Crippen LogP contribution in [0.1, 0.15) is 44.7 Å². The molecule has 2 fully saturated rings. The number of nitrogens with zero attached hydrogens (tertiary/aromatic N) is 2. The van der Waals surface area contributed by atoms with Crippen molar-refractivity contribution in [3.8, 4) is 0 Å². The molecule has 2 saturated heterocycles. The highest BCUT2D eigenvalue weighted by atomic mass is 19.1. The van der Waals surface area contributed by atoms with E-state index in [4.69, 9.17) is 0 Å². The predicted molar refractivity (Wildman–Crippen MR) is 94.2 cm³/mol. The van der Waals surface area contributed by atoms with Gasteiger partial charge in [0.2, 0.25) is 11.8 Å². The van der Waals surface area contributed by atoms with Crippen molar-refractivity contribution in [1.29, 1.82) is 0 Å². The highest BCUT2D eigenvalue weighted by Gasteiger charge is 2.41. The van der Waals surface area contributed by atoms with Crippen molar-refractivity contribution in [3.05, 3.63) is 35.6 Å². The standard InChI is InChI=1S/C20H27FN2O2/c1-13-10-14(2)12-23(11-13)20(25)17-8-9-18(24)22(3)19(17)15-4-6-16(21)7-5-15/h4-7,13-14,17,19H,8-12H2,1-3H3. The van der Waals surface area contributed by atoms with E-state index in [0.29, 0.717) is 24.7 Å². The lowest BCUT2D eigenvalue weighted by atomic mass is 9.82. The largest absolute Gasteiger partial charge is 0.342 e. The summed E-state index contributed by atoms with van der Waals surface area (Å²) in [5, 5.41) is 0. The molecule has 0 aromatic heterocycles. The number of amides is 2. The molecular weight excluding hydrogens is 319 g/mol. The maximum atomic E-state index is 13.3. The van der Waals surface area contributed by atoms with Gasteiger partial charge in [-0.15, -0.1) is 0 Å². The summed E-state index contributed by atoms with van der Waals surface area (Å²) in [5.41, 5.74) is 0.827. The predicted octanol–water partition coefficient (Wildman–Crippen LogP) is 3.24. The van der Waals surface area contributed by atoms with Crippen molar-refractivity contribution in [2.24, 2.45) is 17.8 Å². The first-order valence-electron chi connectivity index (χ1n) is 9.16. The Bertz CT molecular complexity index is 636. The molecule has 2 aliphatic rings. The van der Waals surface area contributed by atoms with Crippen molar-refractivity contribution in [3.63, 3.8) is 0 Å². The molecule has 5 heteroatoms. The van der Waals surface area contributed by atoms with E-state index in [1.54, 1.807) is 24.1 Å².